The second kappa shape index (κ2) is 12.6. The maximum absolute atomic E-state index is 13.1. The summed E-state index contributed by atoms with van der Waals surface area (Å²) in [5.74, 6) is -2.81. The standard InChI is InChI=1S/C21H28N6O5.C2HF3O2/c1-32-17-3-2-15(14-16(17)27-7-4-18(28)23-20(27)30)19(29)24-10-12-26(13-11-24)21(31)25-8-5-22-6-9-25;3-2(4,5)1(6)7/h2-3,14,22H,4-13H2,1H3,(H,23,28,30);(H,6,7). The van der Waals surface area contributed by atoms with E-state index in [2.05, 4.69) is 10.6 Å². The lowest BCUT2D eigenvalue weighted by Crippen LogP contribution is -2.57. The molecule has 1 aromatic rings. The highest BCUT2D eigenvalue weighted by Crippen LogP contribution is 2.31. The maximum Gasteiger partial charge on any atom is 0.490 e. The van der Waals surface area contributed by atoms with E-state index in [-0.39, 0.29) is 30.8 Å². The number of imide groups is 1. The van der Waals surface area contributed by atoms with Crippen LogP contribution in [0.25, 0.3) is 0 Å². The van der Waals surface area contributed by atoms with Crippen molar-refractivity contribution in [1.29, 1.82) is 0 Å². The van der Waals surface area contributed by atoms with Gasteiger partial charge in [0.25, 0.3) is 5.91 Å². The molecule has 0 radical (unpaired) electrons. The molecule has 3 heterocycles. The van der Waals surface area contributed by atoms with E-state index >= 15 is 0 Å². The molecular formula is C23H29F3N6O7. The fraction of sp³-hybridized carbons (Fsp3) is 0.522. The SMILES string of the molecule is COc1ccc(C(=O)N2CCN(C(=O)N3CCNCC3)CC2)cc1N1CCC(=O)NC1=O.O=C(O)C(F)(F)F. The van der Waals surface area contributed by atoms with E-state index in [0.717, 1.165) is 13.1 Å². The van der Waals surface area contributed by atoms with Gasteiger partial charge in [-0.3, -0.25) is 19.8 Å². The first kappa shape index (κ1) is 29.5. The van der Waals surface area contributed by atoms with E-state index in [1.807, 2.05) is 4.90 Å². The number of hydrogen-bond acceptors (Lipinski definition) is 7. The first-order valence-electron chi connectivity index (χ1n) is 12.1. The minimum Gasteiger partial charge on any atom is -0.495 e. The van der Waals surface area contributed by atoms with E-state index in [1.54, 1.807) is 28.0 Å². The Hall–Kier alpha value is -4.08. The lowest BCUT2D eigenvalue weighted by atomic mass is 10.1. The number of hydrogen-bond donors (Lipinski definition) is 3. The molecule has 0 bridgehead atoms. The van der Waals surface area contributed by atoms with Crippen molar-refractivity contribution in [2.24, 2.45) is 0 Å². The van der Waals surface area contributed by atoms with Crippen molar-refractivity contribution in [2.75, 3.05) is 70.9 Å². The first-order valence-corrected chi connectivity index (χ1v) is 12.1. The van der Waals surface area contributed by atoms with Crippen LogP contribution in [0.15, 0.2) is 18.2 Å². The summed E-state index contributed by atoms with van der Waals surface area (Å²) in [6.45, 7) is 5.05. The zero-order chi connectivity index (χ0) is 28.7. The van der Waals surface area contributed by atoms with Gasteiger partial charge in [0.05, 0.1) is 12.8 Å². The van der Waals surface area contributed by atoms with E-state index in [4.69, 9.17) is 14.6 Å². The Morgan fingerprint density at radius 1 is 0.923 bits per heavy atom. The number of amides is 6. The molecule has 39 heavy (non-hydrogen) atoms. The molecule has 3 fully saturated rings. The average Bonchev–Trinajstić information content (AvgIpc) is 2.92. The molecule has 1 aromatic carbocycles. The van der Waals surface area contributed by atoms with Crippen molar-refractivity contribution < 1.29 is 47.0 Å². The Morgan fingerprint density at radius 2 is 1.49 bits per heavy atom. The van der Waals surface area contributed by atoms with Gasteiger partial charge in [0.15, 0.2) is 0 Å². The van der Waals surface area contributed by atoms with Gasteiger partial charge in [-0.25, -0.2) is 14.4 Å². The van der Waals surface area contributed by atoms with E-state index in [9.17, 15) is 32.3 Å². The van der Waals surface area contributed by atoms with Crippen molar-refractivity contribution in [3.05, 3.63) is 23.8 Å². The van der Waals surface area contributed by atoms with Gasteiger partial charge in [-0.05, 0) is 18.2 Å². The Bertz CT molecular complexity index is 1100. The number of nitrogens with one attached hydrogen (secondary N) is 2. The van der Waals surface area contributed by atoms with E-state index in [0.29, 0.717) is 56.3 Å². The van der Waals surface area contributed by atoms with Gasteiger partial charge in [0, 0.05) is 70.9 Å². The summed E-state index contributed by atoms with van der Waals surface area (Å²) in [6, 6.07) is 4.42. The van der Waals surface area contributed by atoms with Gasteiger partial charge in [0.2, 0.25) is 5.91 Å². The van der Waals surface area contributed by atoms with Crippen molar-refractivity contribution in [1.82, 2.24) is 25.3 Å². The molecule has 3 aliphatic heterocycles. The van der Waals surface area contributed by atoms with Crippen LogP contribution in [0, 0.1) is 0 Å². The lowest BCUT2D eigenvalue weighted by molar-refractivity contribution is -0.192. The van der Waals surface area contributed by atoms with Crippen LogP contribution in [0.2, 0.25) is 0 Å². The summed E-state index contributed by atoms with van der Waals surface area (Å²) in [7, 11) is 1.49. The number of aliphatic carboxylic acids is 1. The van der Waals surface area contributed by atoms with Crippen LogP contribution in [0.1, 0.15) is 16.8 Å². The molecule has 214 valence electrons. The quantitative estimate of drug-likeness (QED) is 0.487. The van der Waals surface area contributed by atoms with Gasteiger partial charge in [-0.15, -0.1) is 0 Å². The molecule has 0 spiro atoms. The Labute approximate surface area is 221 Å². The highest BCUT2D eigenvalue weighted by atomic mass is 19.4. The normalized spacial score (nSPS) is 18.2. The number of anilines is 1. The smallest absolute Gasteiger partial charge is 0.490 e. The second-order valence-electron chi connectivity index (χ2n) is 8.74. The van der Waals surface area contributed by atoms with E-state index < -0.39 is 18.2 Å². The van der Waals surface area contributed by atoms with Crippen molar-refractivity contribution >= 4 is 35.5 Å². The summed E-state index contributed by atoms with van der Waals surface area (Å²) in [4.78, 5) is 65.2. The van der Waals surface area contributed by atoms with Crippen molar-refractivity contribution in [3.63, 3.8) is 0 Å². The topological polar surface area (TPSA) is 152 Å². The first-order chi connectivity index (χ1) is 18.4. The molecule has 0 saturated carbocycles. The molecule has 3 N–H and O–H groups in total. The zero-order valence-corrected chi connectivity index (χ0v) is 21.1. The molecule has 4 rings (SSSR count). The highest BCUT2D eigenvalue weighted by Gasteiger charge is 2.38. The number of nitrogens with zero attached hydrogens (tertiary/aromatic N) is 4. The number of methoxy groups -OCH3 is 1. The molecule has 0 aromatic heterocycles. The molecule has 0 unspecified atom stereocenters. The number of carboxylic acid groups (broad SMARTS) is 1. The number of urea groups is 2. The number of benzene rings is 1. The van der Waals surface area contributed by atoms with Crippen LogP contribution >= 0.6 is 0 Å². The number of halogens is 3. The summed E-state index contributed by atoms with van der Waals surface area (Å²) < 4.78 is 37.1. The predicted molar refractivity (Wildman–Crippen MR) is 130 cm³/mol. The number of carboxylic acids is 1. The number of carbonyl (C=O) groups excluding carboxylic acids is 4. The molecule has 6 amide bonds. The molecule has 13 nitrogen and oxygen atoms in total. The largest absolute Gasteiger partial charge is 0.495 e. The minimum atomic E-state index is -5.08. The molecule has 0 atom stereocenters. The molecule has 3 saturated heterocycles. The number of ether oxygens (including phenoxy) is 1. The van der Waals surface area contributed by atoms with Crippen LogP contribution < -0.4 is 20.3 Å². The molecule has 0 aliphatic carbocycles. The minimum absolute atomic E-state index is 0.0241. The summed E-state index contributed by atoms with van der Waals surface area (Å²) >= 11 is 0. The van der Waals surface area contributed by atoms with Crippen LogP contribution in [0.5, 0.6) is 5.75 Å². The van der Waals surface area contributed by atoms with Gasteiger partial charge in [-0.1, -0.05) is 0 Å². The van der Waals surface area contributed by atoms with Crippen LogP contribution in [-0.2, 0) is 9.59 Å². The zero-order valence-electron chi connectivity index (χ0n) is 21.1. The third-order valence-electron chi connectivity index (χ3n) is 6.24. The molecule has 3 aliphatic rings. The van der Waals surface area contributed by atoms with Gasteiger partial charge in [-0.2, -0.15) is 13.2 Å². The molecule has 16 heteroatoms. The van der Waals surface area contributed by atoms with Gasteiger partial charge >= 0.3 is 24.2 Å². The average molecular weight is 559 g/mol. The number of rotatable bonds is 3. The Balaban J connectivity index is 0.000000532. The molecular weight excluding hydrogens is 529 g/mol. The lowest BCUT2D eigenvalue weighted by Gasteiger charge is -2.38. The predicted octanol–water partition coefficient (Wildman–Crippen LogP) is 0.558. The number of carbonyl (C=O) groups is 5. The Kier molecular flexibility index (Phi) is 9.56. The number of alkyl halides is 3. The summed E-state index contributed by atoms with van der Waals surface area (Å²) in [5, 5.41) is 12.6. The van der Waals surface area contributed by atoms with Crippen LogP contribution in [0.3, 0.4) is 0 Å². The monoisotopic (exact) mass is 558 g/mol. The summed E-state index contributed by atoms with van der Waals surface area (Å²) in [6.07, 6.45) is -4.91. The van der Waals surface area contributed by atoms with Crippen molar-refractivity contribution in [3.8, 4) is 5.75 Å². The fourth-order valence-electron chi connectivity index (χ4n) is 4.17. The number of piperazine rings is 2. The van der Waals surface area contributed by atoms with Gasteiger partial charge in [0.1, 0.15) is 5.75 Å². The fourth-order valence-corrected chi connectivity index (χ4v) is 4.17. The third-order valence-corrected chi connectivity index (χ3v) is 6.24. The second-order valence-corrected chi connectivity index (χ2v) is 8.74. The third kappa shape index (κ3) is 7.49. The van der Waals surface area contributed by atoms with E-state index in [1.165, 1.54) is 12.0 Å². The van der Waals surface area contributed by atoms with Crippen molar-refractivity contribution in [2.45, 2.75) is 12.6 Å². The van der Waals surface area contributed by atoms with Crippen LogP contribution in [0.4, 0.5) is 28.4 Å². The van der Waals surface area contributed by atoms with Gasteiger partial charge < -0.3 is 29.9 Å². The maximum atomic E-state index is 13.1. The van der Waals surface area contributed by atoms with Crippen LogP contribution in [-0.4, -0.2) is 122 Å². The summed E-state index contributed by atoms with van der Waals surface area (Å²) in [5.41, 5.74) is 0.864. The Morgan fingerprint density at radius 3 is 2.03 bits per heavy atom. The highest BCUT2D eigenvalue weighted by molar-refractivity contribution is 6.07.